The van der Waals surface area contributed by atoms with Crippen LogP contribution in [0.5, 0.6) is 0 Å². The Morgan fingerprint density at radius 2 is 2.06 bits per heavy atom. The monoisotopic (exact) mass is 245 g/mol. The number of amides is 2. The minimum atomic E-state index is -0.484. The van der Waals surface area contributed by atoms with Gasteiger partial charge in [0.05, 0.1) is 0 Å². The molecule has 1 aliphatic heterocycles. The van der Waals surface area contributed by atoms with Gasteiger partial charge in [0.15, 0.2) is 0 Å². The summed E-state index contributed by atoms with van der Waals surface area (Å²) in [5.41, 5.74) is 0. The zero-order valence-electron chi connectivity index (χ0n) is 9.78. The predicted octanol–water partition coefficient (Wildman–Crippen LogP) is -0.714. The third-order valence-electron chi connectivity index (χ3n) is 2.55. The van der Waals surface area contributed by atoms with E-state index in [1.165, 1.54) is 0 Å². The maximum Gasteiger partial charge on any atom is 0.311 e. The quantitative estimate of drug-likeness (QED) is 0.645. The Morgan fingerprint density at radius 1 is 1.44 bits per heavy atom. The van der Waals surface area contributed by atoms with Crippen molar-refractivity contribution in [1.29, 1.82) is 0 Å². The fourth-order valence-electron chi connectivity index (χ4n) is 1.41. The standard InChI is InChI=1S/C10H19N3O2S/c1-8(16-2)7-12-9(14)10(15)13-5-3-11-4-6-13/h8,11H,3-7H2,1-2H3,(H,12,14). The van der Waals surface area contributed by atoms with Crippen LogP contribution in [0.1, 0.15) is 6.92 Å². The Morgan fingerprint density at radius 3 is 2.62 bits per heavy atom. The van der Waals surface area contributed by atoms with Crippen molar-refractivity contribution in [2.75, 3.05) is 39.0 Å². The molecular formula is C10H19N3O2S. The van der Waals surface area contributed by atoms with Gasteiger partial charge in [-0.15, -0.1) is 0 Å². The minimum absolute atomic E-state index is 0.333. The molecule has 0 bridgehead atoms. The molecule has 1 saturated heterocycles. The molecule has 0 radical (unpaired) electrons. The topological polar surface area (TPSA) is 61.4 Å². The van der Waals surface area contributed by atoms with Crippen LogP contribution in [-0.2, 0) is 9.59 Å². The SMILES string of the molecule is CSC(C)CNC(=O)C(=O)N1CCNCC1. The molecule has 0 aromatic carbocycles. The molecule has 92 valence electrons. The second kappa shape index (κ2) is 6.75. The molecule has 1 aliphatic rings. The third-order valence-corrected chi connectivity index (χ3v) is 3.52. The molecule has 6 heteroatoms. The van der Waals surface area contributed by atoms with Crippen molar-refractivity contribution in [3.63, 3.8) is 0 Å². The van der Waals surface area contributed by atoms with Crippen LogP contribution in [-0.4, -0.2) is 60.9 Å². The summed E-state index contributed by atoms with van der Waals surface area (Å²) in [7, 11) is 0. The van der Waals surface area contributed by atoms with Gasteiger partial charge >= 0.3 is 11.8 Å². The van der Waals surface area contributed by atoms with Gasteiger partial charge in [-0.3, -0.25) is 9.59 Å². The van der Waals surface area contributed by atoms with Crippen LogP contribution in [0.2, 0.25) is 0 Å². The third kappa shape index (κ3) is 4.02. The molecule has 1 atom stereocenters. The highest BCUT2D eigenvalue weighted by molar-refractivity contribution is 7.99. The van der Waals surface area contributed by atoms with E-state index in [-0.39, 0.29) is 0 Å². The maximum absolute atomic E-state index is 11.7. The number of carbonyl (C=O) groups is 2. The van der Waals surface area contributed by atoms with Crippen molar-refractivity contribution >= 4 is 23.6 Å². The summed E-state index contributed by atoms with van der Waals surface area (Å²) in [5.74, 6) is -0.891. The van der Waals surface area contributed by atoms with Crippen LogP contribution >= 0.6 is 11.8 Å². The summed E-state index contributed by atoms with van der Waals surface area (Å²) in [6.45, 7) is 5.31. The first-order valence-electron chi connectivity index (χ1n) is 5.45. The summed E-state index contributed by atoms with van der Waals surface area (Å²) < 4.78 is 0. The number of hydrogen-bond donors (Lipinski definition) is 2. The highest BCUT2D eigenvalue weighted by atomic mass is 32.2. The zero-order valence-corrected chi connectivity index (χ0v) is 10.6. The highest BCUT2D eigenvalue weighted by Crippen LogP contribution is 2.02. The number of hydrogen-bond acceptors (Lipinski definition) is 4. The fraction of sp³-hybridized carbons (Fsp3) is 0.800. The van der Waals surface area contributed by atoms with E-state index >= 15 is 0 Å². The summed E-state index contributed by atoms with van der Waals surface area (Å²) >= 11 is 1.66. The molecule has 1 unspecified atom stereocenters. The molecular weight excluding hydrogens is 226 g/mol. The fourth-order valence-corrected chi connectivity index (χ4v) is 1.66. The van der Waals surface area contributed by atoms with Gasteiger partial charge in [0.25, 0.3) is 0 Å². The number of piperazine rings is 1. The Balaban J connectivity index is 2.32. The number of thioether (sulfide) groups is 1. The number of rotatable bonds is 3. The van der Waals surface area contributed by atoms with Crippen LogP contribution in [0.4, 0.5) is 0 Å². The van der Waals surface area contributed by atoms with Crippen LogP contribution in [0.15, 0.2) is 0 Å². The number of nitrogens with one attached hydrogen (secondary N) is 2. The van der Waals surface area contributed by atoms with Gasteiger partial charge in [-0.1, -0.05) is 6.92 Å². The van der Waals surface area contributed by atoms with Gasteiger partial charge in [-0.25, -0.2) is 0 Å². The predicted molar refractivity (Wildman–Crippen MR) is 65.4 cm³/mol. The normalized spacial score (nSPS) is 18.0. The van der Waals surface area contributed by atoms with E-state index in [0.717, 1.165) is 13.1 Å². The summed E-state index contributed by atoms with van der Waals surface area (Å²) in [5, 5.41) is 6.13. The van der Waals surface area contributed by atoms with E-state index in [1.54, 1.807) is 16.7 Å². The second-order valence-corrected chi connectivity index (χ2v) is 5.07. The summed E-state index contributed by atoms with van der Waals surface area (Å²) in [6, 6.07) is 0. The van der Waals surface area contributed by atoms with Gasteiger partial charge in [0.1, 0.15) is 0 Å². The first-order valence-corrected chi connectivity index (χ1v) is 6.74. The molecule has 2 N–H and O–H groups in total. The lowest BCUT2D eigenvalue weighted by Crippen LogP contribution is -2.51. The summed E-state index contributed by atoms with van der Waals surface area (Å²) in [4.78, 5) is 24.8. The molecule has 16 heavy (non-hydrogen) atoms. The van der Waals surface area contributed by atoms with Gasteiger partial charge in [0, 0.05) is 38.0 Å². The Bertz CT molecular complexity index is 254. The molecule has 0 saturated carbocycles. The lowest BCUT2D eigenvalue weighted by Gasteiger charge is -2.26. The van der Waals surface area contributed by atoms with Crippen molar-refractivity contribution in [1.82, 2.24) is 15.5 Å². The van der Waals surface area contributed by atoms with Crippen molar-refractivity contribution in [3.8, 4) is 0 Å². The lowest BCUT2D eigenvalue weighted by molar-refractivity contribution is -0.146. The smallest absolute Gasteiger partial charge is 0.311 e. The van der Waals surface area contributed by atoms with Crippen molar-refractivity contribution in [2.24, 2.45) is 0 Å². The van der Waals surface area contributed by atoms with E-state index in [9.17, 15) is 9.59 Å². The van der Waals surface area contributed by atoms with Gasteiger partial charge < -0.3 is 15.5 Å². The molecule has 0 aliphatic carbocycles. The molecule has 1 heterocycles. The Labute approximate surface area is 100 Å². The summed E-state index contributed by atoms with van der Waals surface area (Å²) in [6.07, 6.45) is 1.98. The van der Waals surface area contributed by atoms with Crippen molar-refractivity contribution in [3.05, 3.63) is 0 Å². The first kappa shape index (κ1) is 13.3. The Kier molecular flexibility index (Phi) is 5.62. The zero-order chi connectivity index (χ0) is 12.0. The minimum Gasteiger partial charge on any atom is -0.347 e. The highest BCUT2D eigenvalue weighted by Gasteiger charge is 2.22. The van der Waals surface area contributed by atoms with Crippen LogP contribution in [0.3, 0.4) is 0 Å². The average molecular weight is 245 g/mol. The van der Waals surface area contributed by atoms with Crippen LogP contribution in [0.25, 0.3) is 0 Å². The first-order chi connectivity index (χ1) is 7.65. The second-order valence-electron chi connectivity index (χ2n) is 3.80. The lowest BCUT2D eigenvalue weighted by atomic mass is 10.3. The van der Waals surface area contributed by atoms with Gasteiger partial charge in [0.2, 0.25) is 0 Å². The van der Waals surface area contributed by atoms with Crippen molar-refractivity contribution < 1.29 is 9.59 Å². The number of carbonyl (C=O) groups excluding carboxylic acids is 2. The molecule has 2 amide bonds. The van der Waals surface area contributed by atoms with E-state index < -0.39 is 11.8 Å². The van der Waals surface area contributed by atoms with E-state index in [0.29, 0.717) is 24.9 Å². The largest absolute Gasteiger partial charge is 0.347 e. The molecule has 0 aromatic rings. The van der Waals surface area contributed by atoms with E-state index in [4.69, 9.17) is 0 Å². The average Bonchev–Trinajstić information content (AvgIpc) is 2.35. The van der Waals surface area contributed by atoms with Gasteiger partial charge in [-0.05, 0) is 6.26 Å². The maximum atomic E-state index is 11.7. The van der Waals surface area contributed by atoms with Crippen LogP contribution in [0, 0.1) is 0 Å². The number of nitrogens with zero attached hydrogens (tertiary/aromatic N) is 1. The Hall–Kier alpha value is -0.750. The molecule has 0 aromatic heterocycles. The molecule has 5 nitrogen and oxygen atoms in total. The van der Waals surface area contributed by atoms with E-state index in [1.807, 2.05) is 13.2 Å². The molecule has 1 fully saturated rings. The van der Waals surface area contributed by atoms with Crippen molar-refractivity contribution in [2.45, 2.75) is 12.2 Å². The molecule has 1 rings (SSSR count). The van der Waals surface area contributed by atoms with E-state index in [2.05, 4.69) is 10.6 Å². The molecule has 0 spiro atoms. The van der Waals surface area contributed by atoms with Gasteiger partial charge in [-0.2, -0.15) is 11.8 Å². The van der Waals surface area contributed by atoms with Crippen LogP contribution < -0.4 is 10.6 Å².